The minimum Gasteiger partial charge on any atom is -0.464 e. The van der Waals surface area contributed by atoms with Crippen molar-refractivity contribution in [2.45, 2.75) is 46.6 Å². The van der Waals surface area contributed by atoms with Gasteiger partial charge in [-0.25, -0.2) is 0 Å². The van der Waals surface area contributed by atoms with Crippen LogP contribution in [0.4, 0.5) is 0 Å². The molecule has 1 unspecified atom stereocenters. The lowest BCUT2D eigenvalue weighted by atomic mass is 9.97. The number of benzene rings is 1. The maximum Gasteiger partial charge on any atom is 0.125 e. The van der Waals surface area contributed by atoms with Crippen LogP contribution in [0, 0.1) is 13.8 Å². The normalized spacial score (nSPS) is 12.6. The van der Waals surface area contributed by atoms with Crippen LogP contribution in [0.25, 0.3) is 0 Å². The standard InChI is InChI=1S/C18H25NO/c1-5-11-19-18(17-10-9-15(6-2)20-17)16-12-13(3)7-8-14(16)4/h7-10,12,18-19H,5-6,11H2,1-4H3. The Kier molecular flexibility index (Phi) is 5.02. The molecule has 0 radical (unpaired) electrons. The first kappa shape index (κ1) is 14.9. The minimum absolute atomic E-state index is 0.148. The molecule has 0 aliphatic rings. The first-order chi connectivity index (χ1) is 9.65. The molecular formula is C18H25NO. The van der Waals surface area contributed by atoms with Gasteiger partial charge in [0.2, 0.25) is 0 Å². The molecule has 108 valence electrons. The molecule has 1 aromatic heterocycles. The summed E-state index contributed by atoms with van der Waals surface area (Å²) in [6.45, 7) is 9.60. The molecule has 0 saturated heterocycles. The van der Waals surface area contributed by atoms with Gasteiger partial charge in [-0.2, -0.15) is 0 Å². The van der Waals surface area contributed by atoms with Crippen LogP contribution in [-0.4, -0.2) is 6.54 Å². The van der Waals surface area contributed by atoms with E-state index in [1.807, 2.05) is 0 Å². The van der Waals surface area contributed by atoms with E-state index >= 15 is 0 Å². The zero-order chi connectivity index (χ0) is 14.5. The first-order valence-electron chi connectivity index (χ1n) is 7.54. The van der Waals surface area contributed by atoms with E-state index in [-0.39, 0.29) is 6.04 Å². The second-order valence-electron chi connectivity index (χ2n) is 5.40. The Bertz CT molecular complexity index is 556. The molecule has 1 aromatic carbocycles. The zero-order valence-corrected chi connectivity index (χ0v) is 13.0. The molecule has 1 heterocycles. The highest BCUT2D eigenvalue weighted by Gasteiger charge is 2.19. The summed E-state index contributed by atoms with van der Waals surface area (Å²) in [5, 5.41) is 3.61. The molecule has 0 amide bonds. The van der Waals surface area contributed by atoms with E-state index in [1.165, 1.54) is 16.7 Å². The molecule has 2 rings (SSSR count). The maximum atomic E-state index is 5.98. The maximum absolute atomic E-state index is 5.98. The average molecular weight is 271 g/mol. The van der Waals surface area contributed by atoms with Crippen molar-refractivity contribution in [3.63, 3.8) is 0 Å². The van der Waals surface area contributed by atoms with E-state index in [2.05, 4.69) is 63.3 Å². The van der Waals surface area contributed by atoms with Gasteiger partial charge >= 0.3 is 0 Å². The molecule has 0 bridgehead atoms. The van der Waals surface area contributed by atoms with Crippen LogP contribution >= 0.6 is 0 Å². The quantitative estimate of drug-likeness (QED) is 0.834. The lowest BCUT2D eigenvalue weighted by molar-refractivity contribution is 0.421. The van der Waals surface area contributed by atoms with Crippen molar-refractivity contribution in [1.29, 1.82) is 0 Å². The van der Waals surface area contributed by atoms with Gasteiger partial charge in [0, 0.05) is 6.42 Å². The number of rotatable bonds is 6. The number of aryl methyl sites for hydroxylation is 3. The molecule has 2 aromatic rings. The Labute approximate surface area is 122 Å². The molecule has 2 heteroatoms. The largest absolute Gasteiger partial charge is 0.464 e. The third kappa shape index (κ3) is 3.31. The summed E-state index contributed by atoms with van der Waals surface area (Å²) in [5.41, 5.74) is 3.91. The third-order valence-corrected chi connectivity index (χ3v) is 3.66. The van der Waals surface area contributed by atoms with E-state index in [0.717, 1.165) is 30.9 Å². The summed E-state index contributed by atoms with van der Waals surface area (Å²) < 4.78 is 5.98. The predicted molar refractivity (Wildman–Crippen MR) is 84.1 cm³/mol. The number of hydrogen-bond acceptors (Lipinski definition) is 2. The Morgan fingerprint density at radius 3 is 2.55 bits per heavy atom. The van der Waals surface area contributed by atoms with Crippen LogP contribution in [0.1, 0.15) is 54.5 Å². The average Bonchev–Trinajstić information content (AvgIpc) is 2.92. The van der Waals surface area contributed by atoms with Gasteiger partial charge in [-0.15, -0.1) is 0 Å². The lowest BCUT2D eigenvalue weighted by Gasteiger charge is -2.19. The highest BCUT2D eigenvalue weighted by Crippen LogP contribution is 2.27. The zero-order valence-electron chi connectivity index (χ0n) is 13.0. The van der Waals surface area contributed by atoms with Crippen LogP contribution in [0.3, 0.4) is 0 Å². The number of furan rings is 1. The molecule has 0 aliphatic carbocycles. The topological polar surface area (TPSA) is 25.2 Å². The SMILES string of the molecule is CCCNC(c1ccc(CC)o1)c1cc(C)ccc1C. The van der Waals surface area contributed by atoms with Crippen molar-refractivity contribution in [3.8, 4) is 0 Å². The van der Waals surface area contributed by atoms with Crippen LogP contribution in [0.15, 0.2) is 34.7 Å². The monoisotopic (exact) mass is 271 g/mol. The van der Waals surface area contributed by atoms with E-state index in [4.69, 9.17) is 4.42 Å². The van der Waals surface area contributed by atoms with Gasteiger partial charge in [0.25, 0.3) is 0 Å². The Morgan fingerprint density at radius 1 is 1.10 bits per heavy atom. The summed E-state index contributed by atoms with van der Waals surface area (Å²) in [6, 6.07) is 10.9. The number of hydrogen-bond donors (Lipinski definition) is 1. The van der Waals surface area contributed by atoms with E-state index in [9.17, 15) is 0 Å². The summed E-state index contributed by atoms with van der Waals surface area (Å²) in [5.74, 6) is 2.07. The number of nitrogens with one attached hydrogen (secondary N) is 1. The van der Waals surface area contributed by atoms with Crippen molar-refractivity contribution < 1.29 is 4.42 Å². The van der Waals surface area contributed by atoms with Gasteiger partial charge in [0.15, 0.2) is 0 Å². The summed E-state index contributed by atoms with van der Waals surface area (Å²) in [6.07, 6.45) is 2.05. The summed E-state index contributed by atoms with van der Waals surface area (Å²) in [4.78, 5) is 0. The minimum atomic E-state index is 0.148. The lowest BCUT2D eigenvalue weighted by Crippen LogP contribution is -2.23. The van der Waals surface area contributed by atoms with Crippen LogP contribution in [0.5, 0.6) is 0 Å². The Balaban J connectivity index is 2.38. The van der Waals surface area contributed by atoms with Crippen LogP contribution in [-0.2, 0) is 6.42 Å². The molecule has 0 fully saturated rings. The van der Waals surface area contributed by atoms with Gasteiger partial charge in [-0.05, 0) is 50.1 Å². The predicted octanol–water partition coefficient (Wildman–Crippen LogP) is 4.55. The summed E-state index contributed by atoms with van der Waals surface area (Å²) >= 11 is 0. The fourth-order valence-corrected chi connectivity index (χ4v) is 2.46. The molecule has 2 nitrogen and oxygen atoms in total. The highest BCUT2D eigenvalue weighted by molar-refractivity contribution is 5.37. The Morgan fingerprint density at radius 2 is 1.90 bits per heavy atom. The second kappa shape index (κ2) is 6.76. The second-order valence-corrected chi connectivity index (χ2v) is 5.40. The third-order valence-electron chi connectivity index (χ3n) is 3.66. The van der Waals surface area contributed by atoms with Gasteiger partial charge in [-0.1, -0.05) is 37.6 Å². The van der Waals surface area contributed by atoms with Crippen molar-refractivity contribution in [2.75, 3.05) is 6.54 Å². The fourth-order valence-electron chi connectivity index (χ4n) is 2.46. The van der Waals surface area contributed by atoms with Gasteiger partial charge < -0.3 is 9.73 Å². The molecule has 20 heavy (non-hydrogen) atoms. The smallest absolute Gasteiger partial charge is 0.125 e. The van der Waals surface area contributed by atoms with Crippen molar-refractivity contribution in [1.82, 2.24) is 5.32 Å². The highest BCUT2D eigenvalue weighted by atomic mass is 16.3. The van der Waals surface area contributed by atoms with Gasteiger partial charge in [0.1, 0.15) is 11.5 Å². The summed E-state index contributed by atoms with van der Waals surface area (Å²) in [7, 11) is 0. The Hall–Kier alpha value is -1.54. The van der Waals surface area contributed by atoms with E-state index in [0.29, 0.717) is 0 Å². The first-order valence-corrected chi connectivity index (χ1v) is 7.54. The molecular weight excluding hydrogens is 246 g/mol. The van der Waals surface area contributed by atoms with Gasteiger partial charge in [0.05, 0.1) is 6.04 Å². The van der Waals surface area contributed by atoms with Crippen LogP contribution in [0.2, 0.25) is 0 Å². The fraction of sp³-hybridized carbons (Fsp3) is 0.444. The van der Waals surface area contributed by atoms with E-state index in [1.54, 1.807) is 0 Å². The van der Waals surface area contributed by atoms with Crippen molar-refractivity contribution in [3.05, 3.63) is 58.5 Å². The molecule has 1 atom stereocenters. The van der Waals surface area contributed by atoms with Crippen molar-refractivity contribution in [2.24, 2.45) is 0 Å². The molecule has 1 N–H and O–H groups in total. The van der Waals surface area contributed by atoms with E-state index < -0.39 is 0 Å². The van der Waals surface area contributed by atoms with Gasteiger partial charge in [-0.3, -0.25) is 0 Å². The van der Waals surface area contributed by atoms with Crippen molar-refractivity contribution >= 4 is 0 Å². The van der Waals surface area contributed by atoms with Crippen LogP contribution < -0.4 is 5.32 Å². The molecule has 0 saturated carbocycles. The molecule has 0 aliphatic heterocycles. The molecule has 0 spiro atoms.